The van der Waals surface area contributed by atoms with Gasteiger partial charge in [0.2, 0.25) is 5.91 Å². The summed E-state index contributed by atoms with van der Waals surface area (Å²) in [5.74, 6) is -1.13. The number of hydrogen-bond acceptors (Lipinski definition) is 6. The van der Waals surface area contributed by atoms with Gasteiger partial charge in [-0.3, -0.25) is 14.9 Å². The summed E-state index contributed by atoms with van der Waals surface area (Å²) in [5, 5.41) is 1.71. The molecule has 2 unspecified atom stereocenters. The Balaban J connectivity index is 1.71. The number of hydrogen-bond donors (Lipinski definition) is 4. The molecular formula is C18H22N4O3S2. The lowest BCUT2D eigenvalue weighted by molar-refractivity contribution is -0.119. The van der Waals surface area contributed by atoms with Gasteiger partial charge in [-0.1, -0.05) is 17.7 Å². The van der Waals surface area contributed by atoms with Crippen LogP contribution < -0.4 is 20.9 Å². The van der Waals surface area contributed by atoms with E-state index in [4.69, 9.17) is 0 Å². The molecule has 1 aliphatic rings. The molecule has 2 atom stereocenters. The Bertz CT molecular complexity index is 899. The summed E-state index contributed by atoms with van der Waals surface area (Å²) in [6, 6.07) is 14.4. The smallest absolute Gasteiger partial charge is 0.250 e. The van der Waals surface area contributed by atoms with Crippen LogP contribution in [0.4, 0.5) is 11.4 Å². The Morgan fingerprint density at radius 2 is 1.70 bits per heavy atom. The van der Waals surface area contributed by atoms with Crippen molar-refractivity contribution in [1.29, 1.82) is 0 Å². The van der Waals surface area contributed by atoms with Crippen molar-refractivity contribution in [2.45, 2.75) is 17.2 Å². The average molecular weight is 407 g/mol. The molecule has 144 valence electrons. The van der Waals surface area contributed by atoms with E-state index in [1.807, 2.05) is 37.4 Å². The molecule has 2 aromatic rings. The van der Waals surface area contributed by atoms with Crippen LogP contribution in [0.25, 0.3) is 0 Å². The molecule has 0 bridgehead atoms. The SMILES string of the molecule is CSc1ccc(NC(=O)C2CNNC2S(=O)(=O)Nc2ccc(C)cc2)cc1. The van der Waals surface area contributed by atoms with Crippen molar-refractivity contribution in [2.75, 3.05) is 22.8 Å². The number of aryl methyl sites for hydroxylation is 1. The maximum absolute atomic E-state index is 12.7. The fourth-order valence-electron chi connectivity index (χ4n) is 2.76. The molecule has 7 nitrogen and oxygen atoms in total. The van der Waals surface area contributed by atoms with Crippen LogP contribution in [0.5, 0.6) is 0 Å². The largest absolute Gasteiger partial charge is 0.326 e. The topological polar surface area (TPSA) is 99.3 Å². The van der Waals surface area contributed by atoms with Crippen molar-refractivity contribution >= 4 is 39.1 Å². The zero-order valence-corrected chi connectivity index (χ0v) is 16.7. The third kappa shape index (κ3) is 4.81. The van der Waals surface area contributed by atoms with Gasteiger partial charge in [0.05, 0.1) is 5.92 Å². The van der Waals surface area contributed by atoms with Crippen LogP contribution in [0.3, 0.4) is 0 Å². The summed E-state index contributed by atoms with van der Waals surface area (Å²) in [7, 11) is -3.81. The van der Waals surface area contributed by atoms with Crippen LogP contribution in [0.1, 0.15) is 5.56 Å². The molecule has 27 heavy (non-hydrogen) atoms. The lowest BCUT2D eigenvalue weighted by atomic mass is 10.1. The zero-order valence-electron chi connectivity index (χ0n) is 15.0. The minimum Gasteiger partial charge on any atom is -0.326 e. The van der Waals surface area contributed by atoms with E-state index in [0.29, 0.717) is 11.4 Å². The molecule has 1 fully saturated rings. The molecule has 1 saturated heterocycles. The number of amides is 1. The van der Waals surface area contributed by atoms with Crippen LogP contribution in [-0.4, -0.2) is 32.5 Å². The van der Waals surface area contributed by atoms with Gasteiger partial charge < -0.3 is 5.32 Å². The van der Waals surface area contributed by atoms with Crippen molar-refractivity contribution < 1.29 is 13.2 Å². The minimum absolute atomic E-state index is 0.216. The first kappa shape index (κ1) is 19.7. The molecule has 1 amide bonds. The van der Waals surface area contributed by atoms with Gasteiger partial charge in [0.1, 0.15) is 0 Å². The number of hydrazine groups is 1. The van der Waals surface area contributed by atoms with E-state index in [2.05, 4.69) is 20.9 Å². The molecule has 3 rings (SSSR count). The molecule has 4 N–H and O–H groups in total. The highest BCUT2D eigenvalue weighted by Crippen LogP contribution is 2.22. The fourth-order valence-corrected chi connectivity index (χ4v) is 4.65. The van der Waals surface area contributed by atoms with E-state index in [9.17, 15) is 13.2 Å². The summed E-state index contributed by atoms with van der Waals surface area (Å²) in [6.07, 6.45) is 1.97. The van der Waals surface area contributed by atoms with Crippen LogP contribution in [0.15, 0.2) is 53.4 Å². The van der Waals surface area contributed by atoms with Gasteiger partial charge >= 0.3 is 0 Å². The van der Waals surface area contributed by atoms with Crippen molar-refractivity contribution in [3.63, 3.8) is 0 Å². The van der Waals surface area contributed by atoms with Crippen molar-refractivity contribution in [3.05, 3.63) is 54.1 Å². The Hall–Kier alpha value is -2.07. The number of carbonyl (C=O) groups is 1. The van der Waals surface area contributed by atoms with E-state index in [0.717, 1.165) is 10.5 Å². The molecular weight excluding hydrogens is 384 g/mol. The molecule has 1 heterocycles. The Morgan fingerprint density at radius 3 is 2.33 bits per heavy atom. The van der Waals surface area contributed by atoms with Gasteiger partial charge in [0.15, 0.2) is 5.37 Å². The molecule has 0 aromatic heterocycles. The average Bonchev–Trinajstić information content (AvgIpc) is 3.15. The number of thioether (sulfide) groups is 1. The van der Waals surface area contributed by atoms with Gasteiger partial charge in [0.25, 0.3) is 10.0 Å². The highest BCUT2D eigenvalue weighted by molar-refractivity contribution is 7.98. The van der Waals surface area contributed by atoms with Crippen molar-refractivity contribution in [1.82, 2.24) is 10.9 Å². The summed E-state index contributed by atoms with van der Waals surface area (Å²) >= 11 is 1.61. The molecule has 0 saturated carbocycles. The highest BCUT2D eigenvalue weighted by atomic mass is 32.2. The normalized spacial score (nSPS) is 19.6. The minimum atomic E-state index is -3.81. The number of anilines is 2. The van der Waals surface area contributed by atoms with Crippen LogP contribution in [-0.2, 0) is 14.8 Å². The number of benzene rings is 2. The first-order valence-corrected chi connectivity index (χ1v) is 11.2. The molecule has 2 aromatic carbocycles. The quantitative estimate of drug-likeness (QED) is 0.549. The van der Waals surface area contributed by atoms with Crippen molar-refractivity contribution in [3.8, 4) is 0 Å². The first-order valence-electron chi connectivity index (χ1n) is 8.40. The fraction of sp³-hybridized carbons (Fsp3) is 0.278. The standard InChI is InChI=1S/C18H22N4O3S2/c1-12-3-5-14(6-4-12)22-27(24,25)18-16(11-19-21-18)17(23)20-13-7-9-15(26-2)10-8-13/h3-10,16,18-19,21-22H,11H2,1-2H3,(H,20,23). The molecule has 9 heteroatoms. The first-order chi connectivity index (χ1) is 12.9. The monoisotopic (exact) mass is 406 g/mol. The highest BCUT2D eigenvalue weighted by Gasteiger charge is 2.41. The number of carbonyl (C=O) groups excluding carboxylic acids is 1. The predicted molar refractivity (Wildman–Crippen MR) is 109 cm³/mol. The van der Waals surface area contributed by atoms with Gasteiger partial charge in [0, 0.05) is 22.8 Å². The summed E-state index contributed by atoms with van der Waals surface area (Å²) in [4.78, 5) is 13.7. The number of sulfonamides is 1. The van der Waals surface area contributed by atoms with Gasteiger partial charge in [-0.05, 0) is 49.6 Å². The predicted octanol–water partition coefficient (Wildman–Crippen LogP) is 2.15. The Morgan fingerprint density at radius 1 is 1.07 bits per heavy atom. The van der Waals surface area contributed by atoms with Crippen LogP contribution >= 0.6 is 11.8 Å². The molecule has 1 aliphatic heterocycles. The van der Waals surface area contributed by atoms with E-state index < -0.39 is 21.3 Å². The van der Waals surface area contributed by atoms with E-state index >= 15 is 0 Å². The summed E-state index contributed by atoms with van der Waals surface area (Å²) < 4.78 is 28.0. The number of nitrogens with one attached hydrogen (secondary N) is 4. The molecule has 0 radical (unpaired) electrons. The van der Waals surface area contributed by atoms with Gasteiger partial charge in [-0.15, -0.1) is 11.8 Å². The zero-order chi connectivity index (χ0) is 19.4. The third-order valence-electron chi connectivity index (χ3n) is 4.27. The Kier molecular flexibility index (Phi) is 6.05. The maximum Gasteiger partial charge on any atom is 0.250 e. The van der Waals surface area contributed by atoms with Crippen LogP contribution in [0.2, 0.25) is 0 Å². The summed E-state index contributed by atoms with van der Waals surface area (Å²) in [5.41, 5.74) is 7.60. The maximum atomic E-state index is 12.7. The molecule has 0 aliphatic carbocycles. The van der Waals surface area contributed by atoms with Gasteiger partial charge in [-0.25, -0.2) is 13.8 Å². The second-order valence-electron chi connectivity index (χ2n) is 6.28. The lowest BCUT2D eigenvalue weighted by Gasteiger charge is -2.19. The van der Waals surface area contributed by atoms with E-state index in [-0.39, 0.29) is 12.5 Å². The second kappa shape index (κ2) is 8.30. The molecule has 0 spiro atoms. The lowest BCUT2D eigenvalue weighted by Crippen LogP contribution is -2.45. The second-order valence-corrected chi connectivity index (χ2v) is 8.96. The third-order valence-corrected chi connectivity index (χ3v) is 6.65. The van der Waals surface area contributed by atoms with E-state index in [1.54, 1.807) is 36.0 Å². The summed E-state index contributed by atoms with van der Waals surface area (Å²) in [6.45, 7) is 2.14. The van der Waals surface area contributed by atoms with Crippen LogP contribution in [0, 0.1) is 12.8 Å². The van der Waals surface area contributed by atoms with Crippen molar-refractivity contribution in [2.24, 2.45) is 5.92 Å². The number of rotatable bonds is 6. The van der Waals surface area contributed by atoms with E-state index in [1.165, 1.54) is 0 Å². The van der Waals surface area contributed by atoms with Gasteiger partial charge in [-0.2, -0.15) is 0 Å². The Labute approximate surface area is 163 Å².